The number of aliphatic hydroxyl groups is 3. The fourth-order valence-electron chi connectivity index (χ4n) is 4.20. The summed E-state index contributed by atoms with van der Waals surface area (Å²) in [6.45, 7) is 1.92. The number of hydrogen-bond acceptors (Lipinski definition) is 8. The molecular formula is C18H27N5O4. The molecule has 0 radical (unpaired) electrons. The van der Waals surface area contributed by atoms with E-state index in [0.717, 1.165) is 24.6 Å². The molecule has 2 aromatic heterocycles. The molecule has 4 atom stereocenters. The Kier molecular flexibility index (Phi) is 5.02. The molecule has 148 valence electrons. The Morgan fingerprint density at radius 2 is 1.89 bits per heavy atom. The van der Waals surface area contributed by atoms with Crippen LogP contribution in [0.4, 0.5) is 5.82 Å². The van der Waals surface area contributed by atoms with Gasteiger partial charge in [0.25, 0.3) is 0 Å². The van der Waals surface area contributed by atoms with E-state index in [4.69, 9.17) is 4.74 Å². The number of hydrogen-bond donors (Lipinski definition) is 3. The highest BCUT2D eigenvalue weighted by Gasteiger charge is 2.44. The number of rotatable bonds is 4. The van der Waals surface area contributed by atoms with Gasteiger partial charge in [-0.3, -0.25) is 4.57 Å². The molecule has 1 aliphatic heterocycles. The topological polar surface area (TPSA) is 117 Å². The minimum atomic E-state index is -1.17. The molecule has 1 saturated heterocycles. The van der Waals surface area contributed by atoms with Crippen LogP contribution in [0.2, 0.25) is 0 Å². The predicted octanol–water partition coefficient (Wildman–Crippen LogP) is 0.453. The number of imidazole rings is 1. The van der Waals surface area contributed by atoms with Crippen LogP contribution in [0.3, 0.4) is 0 Å². The fraction of sp³-hybridized carbons (Fsp3) is 0.722. The molecule has 9 nitrogen and oxygen atoms in total. The lowest BCUT2D eigenvalue weighted by Gasteiger charge is -2.34. The molecule has 2 aromatic rings. The second-order valence-electron chi connectivity index (χ2n) is 7.77. The maximum atomic E-state index is 10.3. The van der Waals surface area contributed by atoms with E-state index in [2.05, 4.69) is 26.8 Å². The first kappa shape index (κ1) is 18.5. The molecule has 0 aromatic carbocycles. The second-order valence-corrected chi connectivity index (χ2v) is 7.77. The van der Waals surface area contributed by atoms with Gasteiger partial charge in [0.15, 0.2) is 23.2 Å². The molecular weight excluding hydrogens is 350 g/mol. The highest BCUT2D eigenvalue weighted by atomic mass is 16.6. The van der Waals surface area contributed by atoms with Gasteiger partial charge < -0.3 is 25.0 Å². The van der Waals surface area contributed by atoms with Crippen LogP contribution in [-0.4, -0.2) is 72.8 Å². The van der Waals surface area contributed by atoms with Crippen LogP contribution in [0, 0.1) is 5.92 Å². The first-order valence-corrected chi connectivity index (χ1v) is 9.54. The molecule has 9 heteroatoms. The number of aliphatic hydroxyl groups excluding tert-OH is 3. The van der Waals surface area contributed by atoms with Gasteiger partial charge in [0.05, 0.1) is 12.9 Å². The van der Waals surface area contributed by atoms with E-state index in [-0.39, 0.29) is 6.61 Å². The molecule has 27 heavy (non-hydrogen) atoms. The Hall–Kier alpha value is -1.81. The molecule has 0 bridgehead atoms. The summed E-state index contributed by atoms with van der Waals surface area (Å²) in [5.74, 6) is 1.52. The molecule has 3 heterocycles. The Labute approximate surface area is 157 Å². The summed E-state index contributed by atoms with van der Waals surface area (Å²) in [6.07, 6.45) is 3.67. The van der Waals surface area contributed by atoms with E-state index < -0.39 is 24.5 Å². The summed E-state index contributed by atoms with van der Waals surface area (Å²) in [5.41, 5.74) is 1.17. The second kappa shape index (κ2) is 7.31. The van der Waals surface area contributed by atoms with Crippen molar-refractivity contribution in [2.45, 2.75) is 63.2 Å². The lowest BCUT2D eigenvalue weighted by atomic mass is 9.87. The molecule has 1 aliphatic carbocycles. The quantitative estimate of drug-likeness (QED) is 0.703. The van der Waals surface area contributed by atoms with Crippen LogP contribution < -0.4 is 4.90 Å². The Morgan fingerprint density at radius 1 is 1.15 bits per heavy atom. The van der Waals surface area contributed by atoms with Gasteiger partial charge in [0, 0.05) is 13.1 Å². The third-order valence-electron chi connectivity index (χ3n) is 6.00. The van der Waals surface area contributed by atoms with Crippen molar-refractivity contribution in [1.82, 2.24) is 19.5 Å². The molecule has 0 amide bonds. The standard InChI is InChI=1S/C18H27N5O4/c1-10-3-5-11(6-4-10)22(2)16-13-17(20-8-19-16)23(9-21-13)18-15(26)14(25)12(7-24)27-18/h8-12,14-15,18,24-26H,3-7H2,1-2H3/t10?,11?,12-,14-,15-,18-/m1/s1. The average Bonchev–Trinajstić information content (AvgIpc) is 3.23. The Morgan fingerprint density at radius 3 is 2.56 bits per heavy atom. The molecule has 2 aliphatic rings. The maximum Gasteiger partial charge on any atom is 0.167 e. The number of nitrogens with zero attached hydrogens (tertiary/aromatic N) is 5. The summed E-state index contributed by atoms with van der Waals surface area (Å²) >= 11 is 0. The molecule has 0 unspecified atom stereocenters. The summed E-state index contributed by atoms with van der Waals surface area (Å²) < 4.78 is 7.21. The summed E-state index contributed by atoms with van der Waals surface area (Å²) in [4.78, 5) is 15.4. The van der Waals surface area contributed by atoms with E-state index >= 15 is 0 Å². The van der Waals surface area contributed by atoms with Crippen LogP contribution in [0.1, 0.15) is 38.8 Å². The van der Waals surface area contributed by atoms with Gasteiger partial charge in [-0.15, -0.1) is 0 Å². The highest BCUT2D eigenvalue weighted by Crippen LogP contribution is 2.34. The largest absolute Gasteiger partial charge is 0.394 e. The molecule has 0 spiro atoms. The third kappa shape index (κ3) is 3.18. The number of fused-ring (bicyclic) bond motifs is 1. The van der Waals surface area contributed by atoms with Crippen LogP contribution in [0.5, 0.6) is 0 Å². The van der Waals surface area contributed by atoms with Crippen molar-refractivity contribution in [2.24, 2.45) is 5.92 Å². The van der Waals surface area contributed by atoms with Crippen molar-refractivity contribution in [1.29, 1.82) is 0 Å². The van der Waals surface area contributed by atoms with Crippen molar-refractivity contribution >= 4 is 17.0 Å². The first-order valence-electron chi connectivity index (χ1n) is 9.54. The van der Waals surface area contributed by atoms with Gasteiger partial charge in [0.1, 0.15) is 24.6 Å². The van der Waals surface area contributed by atoms with E-state index in [0.29, 0.717) is 17.2 Å². The van der Waals surface area contributed by atoms with Gasteiger partial charge in [0.2, 0.25) is 0 Å². The van der Waals surface area contributed by atoms with Crippen LogP contribution in [0.15, 0.2) is 12.7 Å². The fourth-order valence-corrected chi connectivity index (χ4v) is 4.20. The zero-order valence-corrected chi connectivity index (χ0v) is 15.6. The Bertz CT molecular complexity index is 791. The third-order valence-corrected chi connectivity index (χ3v) is 6.00. The number of ether oxygens (including phenoxy) is 1. The van der Waals surface area contributed by atoms with E-state index in [1.807, 2.05) is 7.05 Å². The normalized spacial score (nSPS) is 34.3. The van der Waals surface area contributed by atoms with Crippen molar-refractivity contribution in [2.75, 3.05) is 18.6 Å². The van der Waals surface area contributed by atoms with Crippen molar-refractivity contribution in [3.63, 3.8) is 0 Å². The average molecular weight is 377 g/mol. The van der Waals surface area contributed by atoms with Gasteiger partial charge >= 0.3 is 0 Å². The summed E-state index contributed by atoms with van der Waals surface area (Å²) in [6, 6.07) is 0.415. The first-order chi connectivity index (χ1) is 13.0. The number of aromatic nitrogens is 4. The zero-order valence-electron chi connectivity index (χ0n) is 15.6. The molecule has 1 saturated carbocycles. The van der Waals surface area contributed by atoms with Crippen molar-refractivity contribution in [3.05, 3.63) is 12.7 Å². The number of anilines is 1. The summed E-state index contributed by atoms with van der Waals surface area (Å²) in [7, 11) is 2.04. The van der Waals surface area contributed by atoms with Gasteiger partial charge in [-0.05, 0) is 31.6 Å². The molecule has 2 fully saturated rings. The van der Waals surface area contributed by atoms with E-state index in [1.165, 1.54) is 19.2 Å². The Balaban J connectivity index is 1.64. The van der Waals surface area contributed by atoms with Gasteiger partial charge in [-0.25, -0.2) is 15.0 Å². The molecule has 3 N–H and O–H groups in total. The van der Waals surface area contributed by atoms with Crippen LogP contribution in [-0.2, 0) is 4.74 Å². The van der Waals surface area contributed by atoms with Gasteiger partial charge in [-0.1, -0.05) is 6.92 Å². The minimum absolute atomic E-state index is 0.371. The SMILES string of the molecule is CC1CCC(N(C)c2ncnc3c2ncn3[C@@H]2O[C@H](CO)[C@@H](O)[C@H]2O)CC1. The maximum absolute atomic E-state index is 10.3. The van der Waals surface area contributed by atoms with E-state index in [1.54, 1.807) is 10.9 Å². The van der Waals surface area contributed by atoms with Crippen LogP contribution in [0.25, 0.3) is 11.2 Å². The molecule has 4 rings (SSSR count). The monoisotopic (exact) mass is 377 g/mol. The van der Waals surface area contributed by atoms with E-state index in [9.17, 15) is 15.3 Å². The predicted molar refractivity (Wildman–Crippen MR) is 98.2 cm³/mol. The summed E-state index contributed by atoms with van der Waals surface area (Å²) in [5, 5.41) is 29.6. The lowest BCUT2D eigenvalue weighted by Crippen LogP contribution is -2.35. The van der Waals surface area contributed by atoms with Crippen LogP contribution >= 0.6 is 0 Å². The van der Waals surface area contributed by atoms with Gasteiger partial charge in [-0.2, -0.15) is 0 Å². The smallest absolute Gasteiger partial charge is 0.167 e. The zero-order chi connectivity index (χ0) is 19.1. The minimum Gasteiger partial charge on any atom is -0.394 e. The van der Waals surface area contributed by atoms with Crippen molar-refractivity contribution in [3.8, 4) is 0 Å². The lowest BCUT2D eigenvalue weighted by molar-refractivity contribution is -0.0511. The van der Waals surface area contributed by atoms with Crippen molar-refractivity contribution < 1.29 is 20.1 Å². The highest BCUT2D eigenvalue weighted by molar-refractivity contribution is 5.83.